The van der Waals surface area contributed by atoms with Gasteiger partial charge in [0.15, 0.2) is 5.78 Å². The monoisotopic (exact) mass is 368 g/mol. The van der Waals surface area contributed by atoms with Crippen molar-refractivity contribution in [3.05, 3.63) is 53.6 Å². The van der Waals surface area contributed by atoms with E-state index >= 15 is 0 Å². The van der Waals surface area contributed by atoms with Crippen LogP contribution in [0.1, 0.15) is 28.8 Å². The Kier molecular flexibility index (Phi) is 6.07. The largest absolute Gasteiger partial charge is 0.508 e. The average Bonchev–Trinajstić information content (AvgIpc) is 2.49. The van der Waals surface area contributed by atoms with Crippen LogP contribution in [0.15, 0.2) is 47.4 Å². The summed E-state index contributed by atoms with van der Waals surface area (Å²) in [5.74, 6) is -0.249. The Hall–Kier alpha value is -1.79. The van der Waals surface area contributed by atoms with Gasteiger partial charge in [-0.15, -0.1) is 0 Å². The Morgan fingerprint density at radius 2 is 1.62 bits per heavy atom. The number of phenols is 2. The number of rotatable bonds is 7. The van der Waals surface area contributed by atoms with Crippen LogP contribution in [0.25, 0.3) is 0 Å². The van der Waals surface area contributed by atoms with Crippen LogP contribution in [0.4, 0.5) is 0 Å². The zero-order valence-electron chi connectivity index (χ0n) is 12.6. The molecule has 0 atom stereocenters. The second kappa shape index (κ2) is 7.85. The number of carbonyl (C=O) groups is 1. The van der Waals surface area contributed by atoms with Gasteiger partial charge in [0.05, 0.1) is 0 Å². The number of hydrogen-bond acceptors (Lipinski definition) is 5. The highest BCUT2D eigenvalue weighted by atomic mass is 32.7. The third-order valence-corrected chi connectivity index (χ3v) is 5.38. The van der Waals surface area contributed by atoms with Crippen molar-refractivity contribution in [2.24, 2.45) is 0 Å². The lowest BCUT2D eigenvalue weighted by atomic mass is 10.0. The summed E-state index contributed by atoms with van der Waals surface area (Å²) in [4.78, 5) is 30.6. The van der Waals surface area contributed by atoms with Crippen LogP contribution >= 0.6 is 18.2 Å². The Morgan fingerprint density at radius 3 is 2.25 bits per heavy atom. The van der Waals surface area contributed by atoms with Gasteiger partial charge in [-0.1, -0.05) is 12.1 Å². The summed E-state index contributed by atoms with van der Waals surface area (Å²) in [5, 5.41) is 18.8. The molecule has 0 saturated heterocycles. The number of benzene rings is 2. The molecule has 0 heterocycles. The first kappa shape index (κ1) is 18.5. The quantitative estimate of drug-likeness (QED) is 0.437. The summed E-state index contributed by atoms with van der Waals surface area (Å²) in [6, 6.07) is 10.5. The Balaban J connectivity index is 2.04. The Morgan fingerprint density at radius 1 is 1.00 bits per heavy atom. The number of hydrogen-bond donors (Lipinski definition) is 4. The number of ketones is 1. The van der Waals surface area contributed by atoms with Crippen LogP contribution < -0.4 is 0 Å². The van der Waals surface area contributed by atoms with Gasteiger partial charge in [-0.05, 0) is 60.1 Å². The maximum atomic E-state index is 12.3. The van der Waals surface area contributed by atoms with E-state index < -0.39 is 6.80 Å². The van der Waals surface area contributed by atoms with Gasteiger partial charge in [0.2, 0.25) is 0 Å². The first-order valence-electron chi connectivity index (χ1n) is 7.14. The molecular weight excluding hydrogens is 351 g/mol. The van der Waals surface area contributed by atoms with E-state index in [0.29, 0.717) is 24.2 Å². The molecule has 0 aromatic heterocycles. The summed E-state index contributed by atoms with van der Waals surface area (Å²) in [7, 11) is 0. The molecule has 2 aromatic rings. The van der Waals surface area contributed by atoms with Crippen molar-refractivity contribution >= 4 is 24.0 Å². The van der Waals surface area contributed by atoms with Crippen LogP contribution in [0.2, 0.25) is 0 Å². The third kappa shape index (κ3) is 5.69. The summed E-state index contributed by atoms with van der Waals surface area (Å²) >= 11 is 0.303. The summed E-state index contributed by atoms with van der Waals surface area (Å²) in [6.45, 7) is -4.39. The maximum absolute atomic E-state index is 12.3. The molecule has 0 spiro atoms. The molecule has 8 heteroatoms. The number of phenolic OH excluding ortho intramolecular Hbond substituents is 2. The molecule has 0 amide bonds. The van der Waals surface area contributed by atoms with E-state index in [1.807, 2.05) is 0 Å². The molecule has 0 saturated carbocycles. The highest BCUT2D eigenvalue weighted by Gasteiger charge is 2.21. The minimum absolute atomic E-state index is 0.106. The van der Waals surface area contributed by atoms with Crippen molar-refractivity contribution in [1.82, 2.24) is 0 Å². The smallest absolute Gasteiger partial charge is 0.388 e. The molecule has 0 aliphatic carbocycles. The second-order valence-electron chi connectivity index (χ2n) is 5.21. The Labute approximate surface area is 143 Å². The normalized spacial score (nSPS) is 11.4. The number of Topliss-reactive ketones (excluding diaryl/α,β-unsaturated/α-hetero) is 1. The fourth-order valence-corrected chi connectivity index (χ4v) is 4.10. The molecule has 128 valence electrons. The Bertz CT molecular complexity index is 769. The lowest BCUT2D eigenvalue weighted by Gasteiger charge is -2.10. The van der Waals surface area contributed by atoms with Gasteiger partial charge in [0.25, 0.3) is 0 Å². The maximum Gasteiger partial charge on any atom is 0.388 e. The van der Waals surface area contributed by atoms with Crippen LogP contribution in [-0.2, 0) is 11.0 Å². The van der Waals surface area contributed by atoms with Crippen LogP contribution in [-0.4, -0.2) is 25.8 Å². The fourth-order valence-electron chi connectivity index (χ4n) is 2.19. The van der Waals surface area contributed by atoms with Gasteiger partial charge in [-0.25, -0.2) is 4.57 Å². The topological polar surface area (TPSA) is 115 Å². The van der Waals surface area contributed by atoms with Gasteiger partial charge in [0.1, 0.15) is 11.5 Å². The number of carbonyl (C=O) groups excluding carboxylic acids is 1. The molecular formula is C16H17O6PS. The van der Waals surface area contributed by atoms with Crippen molar-refractivity contribution in [2.45, 2.75) is 24.2 Å². The summed E-state index contributed by atoms with van der Waals surface area (Å²) in [5.41, 5.74) is 1.08. The predicted octanol–water partition coefficient (Wildman–Crippen LogP) is 3.49. The highest BCUT2D eigenvalue weighted by molar-refractivity contribution is 8.54. The molecule has 0 aliphatic heterocycles. The molecule has 4 N–H and O–H groups in total. The van der Waals surface area contributed by atoms with Gasteiger partial charge in [-0.2, -0.15) is 0 Å². The van der Waals surface area contributed by atoms with E-state index in [4.69, 9.17) is 9.79 Å². The van der Waals surface area contributed by atoms with E-state index in [0.717, 1.165) is 5.56 Å². The minimum Gasteiger partial charge on any atom is -0.508 e. The van der Waals surface area contributed by atoms with E-state index in [9.17, 15) is 19.6 Å². The molecule has 0 bridgehead atoms. The molecule has 2 rings (SSSR count). The molecule has 2 aromatic carbocycles. The lowest BCUT2D eigenvalue weighted by Crippen LogP contribution is -2.02. The zero-order chi connectivity index (χ0) is 17.7. The van der Waals surface area contributed by atoms with Crippen molar-refractivity contribution in [3.63, 3.8) is 0 Å². The molecule has 0 unspecified atom stereocenters. The van der Waals surface area contributed by atoms with Gasteiger partial charge < -0.3 is 20.0 Å². The molecule has 0 aliphatic rings. The van der Waals surface area contributed by atoms with Crippen molar-refractivity contribution < 1.29 is 29.4 Å². The standard InChI is InChI=1S/C16H17O6PS/c17-12-6-4-11(5-7-12)2-1-3-15(19)14-10-13(18)8-9-16(14)24-23(20,21)22/h4-10,17-18H,1-3H2,(H2,20,21,22). The van der Waals surface area contributed by atoms with Gasteiger partial charge in [-0.3, -0.25) is 4.79 Å². The zero-order valence-corrected chi connectivity index (χ0v) is 14.3. The first-order valence-corrected chi connectivity index (χ1v) is 10.2. The highest BCUT2D eigenvalue weighted by Crippen LogP contribution is 2.55. The SMILES string of the molecule is O=C(CCCc1ccc(O)cc1)c1cc(O)ccc1SP(=O)(O)O. The second-order valence-corrected chi connectivity index (χ2v) is 8.78. The van der Waals surface area contributed by atoms with E-state index in [1.165, 1.54) is 18.2 Å². The number of aromatic hydroxyl groups is 2. The van der Waals surface area contributed by atoms with Gasteiger partial charge >= 0.3 is 6.80 Å². The van der Waals surface area contributed by atoms with Crippen LogP contribution in [0.3, 0.4) is 0 Å². The van der Waals surface area contributed by atoms with E-state index in [-0.39, 0.29) is 34.2 Å². The van der Waals surface area contributed by atoms with E-state index in [2.05, 4.69) is 0 Å². The summed E-state index contributed by atoms with van der Waals surface area (Å²) < 4.78 is 11.2. The van der Waals surface area contributed by atoms with Crippen molar-refractivity contribution in [3.8, 4) is 11.5 Å². The van der Waals surface area contributed by atoms with Crippen molar-refractivity contribution in [2.75, 3.05) is 0 Å². The molecule has 6 nitrogen and oxygen atoms in total. The average molecular weight is 368 g/mol. The number of aryl methyl sites for hydroxylation is 1. The predicted molar refractivity (Wildman–Crippen MR) is 91.4 cm³/mol. The van der Waals surface area contributed by atoms with Gasteiger partial charge in [0, 0.05) is 16.9 Å². The van der Waals surface area contributed by atoms with Crippen LogP contribution in [0.5, 0.6) is 11.5 Å². The van der Waals surface area contributed by atoms with Crippen LogP contribution in [0, 0.1) is 0 Å². The fraction of sp³-hybridized carbons (Fsp3) is 0.188. The first-order chi connectivity index (χ1) is 11.2. The molecule has 24 heavy (non-hydrogen) atoms. The molecule has 0 radical (unpaired) electrons. The molecule has 0 fully saturated rings. The lowest BCUT2D eigenvalue weighted by molar-refractivity contribution is 0.0977. The van der Waals surface area contributed by atoms with Crippen molar-refractivity contribution in [1.29, 1.82) is 0 Å². The third-order valence-electron chi connectivity index (χ3n) is 3.29. The van der Waals surface area contributed by atoms with E-state index in [1.54, 1.807) is 24.3 Å². The summed E-state index contributed by atoms with van der Waals surface area (Å²) in [6.07, 6.45) is 1.35. The minimum atomic E-state index is -4.39.